The fourth-order valence-electron chi connectivity index (χ4n) is 3.94. The number of rotatable bonds is 4. The number of nitrogens with zero attached hydrogens (tertiary/aromatic N) is 4. The molecule has 2 aliphatic carbocycles. The molecule has 0 radical (unpaired) electrons. The van der Waals surface area contributed by atoms with Crippen molar-refractivity contribution in [3.8, 4) is 0 Å². The van der Waals surface area contributed by atoms with Crippen LogP contribution in [0.5, 0.6) is 0 Å². The summed E-state index contributed by atoms with van der Waals surface area (Å²) in [5, 5.41) is 10.1. The van der Waals surface area contributed by atoms with Gasteiger partial charge in [0.2, 0.25) is 0 Å². The van der Waals surface area contributed by atoms with Crippen LogP contribution in [0, 0.1) is 11.8 Å². The minimum absolute atomic E-state index is 0.228. The fraction of sp³-hybridized carbons (Fsp3) is 0.722. The van der Waals surface area contributed by atoms with Crippen molar-refractivity contribution in [2.24, 2.45) is 18.9 Å². The Hall–Kier alpha value is -1.89. The third kappa shape index (κ3) is 3.05. The van der Waals surface area contributed by atoms with E-state index in [0.29, 0.717) is 36.5 Å². The average molecular weight is 346 g/mol. The molecule has 0 aromatic carbocycles. The molecule has 0 atom stereocenters. The first-order valence-electron chi connectivity index (χ1n) is 9.23. The van der Waals surface area contributed by atoms with Crippen molar-refractivity contribution in [1.29, 1.82) is 0 Å². The van der Waals surface area contributed by atoms with Gasteiger partial charge in [0.15, 0.2) is 11.2 Å². The second-order valence-electron chi connectivity index (χ2n) is 8.21. The van der Waals surface area contributed by atoms with E-state index in [1.165, 1.54) is 22.0 Å². The predicted molar refractivity (Wildman–Crippen MR) is 94.5 cm³/mol. The van der Waals surface area contributed by atoms with Crippen LogP contribution < -0.4 is 11.2 Å². The summed E-state index contributed by atoms with van der Waals surface area (Å²) in [5.74, 6) is 0.880. The van der Waals surface area contributed by atoms with Crippen LogP contribution in [-0.4, -0.2) is 29.4 Å². The summed E-state index contributed by atoms with van der Waals surface area (Å²) in [6.07, 6.45) is 7.18. The van der Waals surface area contributed by atoms with Crippen molar-refractivity contribution < 1.29 is 5.11 Å². The van der Waals surface area contributed by atoms with Gasteiger partial charge < -0.3 is 9.67 Å². The zero-order valence-corrected chi connectivity index (χ0v) is 14.9. The molecule has 25 heavy (non-hydrogen) atoms. The zero-order valence-electron chi connectivity index (χ0n) is 14.9. The third-order valence-corrected chi connectivity index (χ3v) is 5.88. The molecule has 2 aromatic rings. The number of hydrogen-bond acceptors (Lipinski definition) is 4. The van der Waals surface area contributed by atoms with Crippen LogP contribution in [0.4, 0.5) is 0 Å². The molecule has 0 unspecified atom stereocenters. The third-order valence-electron chi connectivity index (χ3n) is 5.88. The summed E-state index contributed by atoms with van der Waals surface area (Å²) in [6, 6.07) is 0. The van der Waals surface area contributed by atoms with Crippen molar-refractivity contribution in [3.05, 3.63) is 27.2 Å². The van der Waals surface area contributed by atoms with Crippen LogP contribution >= 0.6 is 0 Å². The molecule has 0 aliphatic heterocycles. The van der Waals surface area contributed by atoms with Gasteiger partial charge in [-0.2, -0.15) is 0 Å². The minimum Gasteiger partial charge on any atom is -0.390 e. The lowest BCUT2D eigenvalue weighted by atomic mass is 9.80. The summed E-state index contributed by atoms with van der Waals surface area (Å²) < 4.78 is 4.77. The van der Waals surface area contributed by atoms with Gasteiger partial charge in [-0.05, 0) is 57.3 Å². The van der Waals surface area contributed by atoms with Gasteiger partial charge in [-0.15, -0.1) is 0 Å². The van der Waals surface area contributed by atoms with Crippen LogP contribution in [-0.2, 0) is 20.1 Å². The highest BCUT2D eigenvalue weighted by molar-refractivity contribution is 5.69. The highest BCUT2D eigenvalue weighted by Crippen LogP contribution is 2.32. The van der Waals surface area contributed by atoms with Crippen molar-refractivity contribution >= 4 is 11.2 Å². The maximum atomic E-state index is 13.0. The van der Waals surface area contributed by atoms with E-state index < -0.39 is 5.60 Å². The monoisotopic (exact) mass is 346 g/mol. The van der Waals surface area contributed by atoms with Gasteiger partial charge >= 0.3 is 5.69 Å². The lowest BCUT2D eigenvalue weighted by Gasteiger charge is -2.33. The average Bonchev–Trinajstić information content (AvgIpc) is 3.28. The zero-order chi connectivity index (χ0) is 17.8. The Morgan fingerprint density at radius 1 is 1.16 bits per heavy atom. The summed E-state index contributed by atoms with van der Waals surface area (Å²) >= 11 is 0. The molecule has 2 heterocycles. The summed E-state index contributed by atoms with van der Waals surface area (Å²) in [4.78, 5) is 30.0. The predicted octanol–water partition coefficient (Wildman–Crippen LogP) is 1.25. The SMILES string of the molecule is Cn1c(=O)n(C[C@H]2CC[C@](C)(O)CC2)c(=O)c2c1ncn2CC1CC1. The number of fused-ring (bicyclic) bond motifs is 1. The smallest absolute Gasteiger partial charge is 0.332 e. The molecule has 0 spiro atoms. The number of aromatic nitrogens is 4. The Labute approximate surface area is 145 Å². The van der Waals surface area contributed by atoms with Gasteiger partial charge in [-0.3, -0.25) is 13.9 Å². The van der Waals surface area contributed by atoms with Crippen LogP contribution in [0.3, 0.4) is 0 Å². The minimum atomic E-state index is -0.612. The Morgan fingerprint density at radius 2 is 1.80 bits per heavy atom. The van der Waals surface area contributed by atoms with Crippen LogP contribution in [0.15, 0.2) is 15.9 Å². The van der Waals surface area contributed by atoms with Crippen molar-refractivity contribution in [2.45, 2.75) is 64.1 Å². The van der Waals surface area contributed by atoms with Crippen LogP contribution in [0.25, 0.3) is 11.2 Å². The van der Waals surface area contributed by atoms with E-state index >= 15 is 0 Å². The van der Waals surface area contributed by atoms with Gasteiger partial charge in [-0.1, -0.05) is 0 Å². The Kier molecular flexibility index (Phi) is 3.86. The standard InChI is InChI=1S/C18H26N4O3/c1-18(25)7-5-13(6-8-18)10-22-16(23)14-15(20(2)17(22)24)19-11-21(14)9-12-3-4-12/h11-13,25H,3-10H2,1-2H3/t13-,18-. The van der Waals surface area contributed by atoms with E-state index in [9.17, 15) is 14.7 Å². The molecule has 0 bridgehead atoms. The Morgan fingerprint density at radius 3 is 2.44 bits per heavy atom. The molecule has 1 N–H and O–H groups in total. The largest absolute Gasteiger partial charge is 0.390 e. The normalized spacial score (nSPS) is 27.1. The van der Waals surface area contributed by atoms with E-state index in [2.05, 4.69) is 4.98 Å². The topological polar surface area (TPSA) is 82.0 Å². The van der Waals surface area contributed by atoms with E-state index in [4.69, 9.17) is 0 Å². The summed E-state index contributed by atoms with van der Waals surface area (Å²) in [6.45, 7) is 3.08. The van der Waals surface area contributed by atoms with Crippen molar-refractivity contribution in [2.75, 3.05) is 0 Å². The van der Waals surface area contributed by atoms with Crippen LogP contribution in [0.1, 0.15) is 45.4 Å². The molecule has 136 valence electrons. The number of imidazole rings is 1. The van der Waals surface area contributed by atoms with Gasteiger partial charge in [0, 0.05) is 20.1 Å². The van der Waals surface area contributed by atoms with Crippen molar-refractivity contribution in [3.63, 3.8) is 0 Å². The molecular formula is C18H26N4O3. The van der Waals surface area contributed by atoms with E-state index in [-0.39, 0.29) is 17.2 Å². The maximum Gasteiger partial charge on any atom is 0.332 e. The highest BCUT2D eigenvalue weighted by Gasteiger charge is 2.30. The molecule has 7 nitrogen and oxygen atoms in total. The lowest BCUT2D eigenvalue weighted by molar-refractivity contribution is 0.00550. The lowest BCUT2D eigenvalue weighted by Crippen LogP contribution is -2.42. The fourth-order valence-corrected chi connectivity index (χ4v) is 3.94. The molecular weight excluding hydrogens is 320 g/mol. The van der Waals surface area contributed by atoms with E-state index in [1.807, 2.05) is 11.5 Å². The molecule has 2 aliphatic rings. The molecule has 4 rings (SSSR count). The molecule has 2 aromatic heterocycles. The first kappa shape index (κ1) is 16.6. The first-order chi connectivity index (χ1) is 11.9. The van der Waals surface area contributed by atoms with Gasteiger partial charge in [0.25, 0.3) is 5.56 Å². The molecule has 0 saturated heterocycles. The molecule has 2 saturated carbocycles. The van der Waals surface area contributed by atoms with E-state index in [1.54, 1.807) is 13.4 Å². The van der Waals surface area contributed by atoms with E-state index in [0.717, 1.165) is 19.4 Å². The second kappa shape index (κ2) is 5.83. The molecule has 2 fully saturated rings. The van der Waals surface area contributed by atoms with Crippen molar-refractivity contribution in [1.82, 2.24) is 18.7 Å². The summed E-state index contributed by atoms with van der Waals surface area (Å²) in [7, 11) is 1.68. The van der Waals surface area contributed by atoms with Gasteiger partial charge in [0.05, 0.1) is 11.9 Å². The first-order valence-corrected chi connectivity index (χ1v) is 9.23. The number of hydrogen-bond donors (Lipinski definition) is 1. The second-order valence-corrected chi connectivity index (χ2v) is 8.21. The van der Waals surface area contributed by atoms with Gasteiger partial charge in [-0.25, -0.2) is 9.78 Å². The van der Waals surface area contributed by atoms with Gasteiger partial charge in [0.1, 0.15) is 0 Å². The summed E-state index contributed by atoms with van der Waals surface area (Å²) in [5.41, 5.74) is -0.130. The highest BCUT2D eigenvalue weighted by atomic mass is 16.3. The quantitative estimate of drug-likeness (QED) is 0.903. The van der Waals surface area contributed by atoms with Crippen LogP contribution in [0.2, 0.25) is 0 Å². The molecule has 7 heteroatoms. The Balaban J connectivity index is 1.70. The number of aryl methyl sites for hydroxylation is 1. The Bertz CT molecular complexity index is 907. The maximum absolute atomic E-state index is 13.0. The number of aliphatic hydroxyl groups is 1. The molecule has 0 amide bonds.